The van der Waals surface area contributed by atoms with Crippen LogP contribution in [-0.2, 0) is 0 Å². The van der Waals surface area contributed by atoms with Gasteiger partial charge in [0.1, 0.15) is 0 Å². The molecular weight excluding hydrogens is 232 g/mol. The largest absolute Gasteiger partial charge is 0.396 e. The molecule has 18 heavy (non-hydrogen) atoms. The van der Waals surface area contributed by atoms with Gasteiger partial charge in [-0.1, -0.05) is 0 Å². The normalized spacial score (nSPS) is 35.7. The minimum atomic E-state index is -0.714. The van der Waals surface area contributed by atoms with E-state index < -0.39 is 11.1 Å². The third kappa shape index (κ3) is 2.30. The molecule has 1 heterocycles. The quantitative estimate of drug-likeness (QED) is 0.598. The first-order valence-electron chi connectivity index (χ1n) is 6.63. The van der Waals surface area contributed by atoms with Crippen molar-refractivity contribution < 1.29 is 15.4 Å². The van der Waals surface area contributed by atoms with Crippen LogP contribution in [0.1, 0.15) is 47.0 Å². The van der Waals surface area contributed by atoms with Gasteiger partial charge in [0.25, 0.3) is 0 Å². The van der Waals surface area contributed by atoms with Gasteiger partial charge in [-0.25, -0.2) is 0 Å². The first kappa shape index (κ1) is 15.9. The predicted molar refractivity (Wildman–Crippen MR) is 70.2 cm³/mol. The SMILES string of the molecule is CC1(C)CC(CCO)C(N)(CCO)C(C)(C)N1O. The average Bonchev–Trinajstić information content (AvgIpc) is 2.25. The van der Waals surface area contributed by atoms with Gasteiger partial charge in [-0.15, -0.1) is 0 Å². The molecule has 0 aromatic carbocycles. The second-order valence-electron chi connectivity index (χ2n) is 6.61. The fourth-order valence-electron chi connectivity index (χ4n) is 3.54. The highest BCUT2D eigenvalue weighted by atomic mass is 16.5. The van der Waals surface area contributed by atoms with E-state index in [1.165, 1.54) is 5.06 Å². The zero-order valence-electron chi connectivity index (χ0n) is 12.0. The molecule has 5 nitrogen and oxygen atoms in total. The zero-order valence-corrected chi connectivity index (χ0v) is 12.0. The van der Waals surface area contributed by atoms with Crippen molar-refractivity contribution in [3.63, 3.8) is 0 Å². The van der Waals surface area contributed by atoms with Crippen molar-refractivity contribution in [2.45, 2.75) is 63.6 Å². The van der Waals surface area contributed by atoms with Crippen LogP contribution in [0.5, 0.6) is 0 Å². The Morgan fingerprint density at radius 2 is 1.72 bits per heavy atom. The molecule has 0 spiro atoms. The van der Waals surface area contributed by atoms with Crippen LogP contribution in [0.3, 0.4) is 0 Å². The van der Waals surface area contributed by atoms with Crippen molar-refractivity contribution in [2.24, 2.45) is 11.7 Å². The molecule has 5 N–H and O–H groups in total. The van der Waals surface area contributed by atoms with Crippen LogP contribution in [0.25, 0.3) is 0 Å². The molecule has 0 amide bonds. The number of piperidine rings is 1. The first-order chi connectivity index (χ1) is 8.13. The molecule has 0 bridgehead atoms. The number of aliphatic hydroxyl groups is 2. The van der Waals surface area contributed by atoms with Crippen LogP contribution in [0.15, 0.2) is 0 Å². The summed E-state index contributed by atoms with van der Waals surface area (Å²) in [6, 6.07) is 0. The van der Waals surface area contributed by atoms with E-state index in [9.17, 15) is 15.4 Å². The van der Waals surface area contributed by atoms with E-state index in [0.717, 1.165) is 0 Å². The standard InChI is InChI=1S/C13H28N2O3/c1-11(2)9-10(5-7-16)13(14,6-8-17)12(3,4)15(11)18/h10,16-18H,5-9,14H2,1-4H3. The predicted octanol–water partition coefficient (Wildman–Crippen LogP) is 0.717. The van der Waals surface area contributed by atoms with Crippen molar-refractivity contribution in [3.8, 4) is 0 Å². The van der Waals surface area contributed by atoms with Gasteiger partial charge in [-0.2, -0.15) is 5.06 Å². The summed E-state index contributed by atoms with van der Waals surface area (Å²) in [6.07, 6.45) is 1.71. The summed E-state index contributed by atoms with van der Waals surface area (Å²) < 4.78 is 0. The number of nitrogens with two attached hydrogens (primary N) is 1. The highest BCUT2D eigenvalue weighted by Gasteiger charge is 2.58. The Kier molecular flexibility index (Phi) is 4.45. The molecule has 0 aromatic heterocycles. The Morgan fingerprint density at radius 1 is 1.17 bits per heavy atom. The topological polar surface area (TPSA) is 90.0 Å². The van der Waals surface area contributed by atoms with E-state index in [4.69, 9.17) is 5.73 Å². The molecule has 0 saturated carbocycles. The van der Waals surface area contributed by atoms with E-state index >= 15 is 0 Å². The molecule has 0 radical (unpaired) electrons. The average molecular weight is 260 g/mol. The van der Waals surface area contributed by atoms with E-state index in [2.05, 4.69) is 0 Å². The summed E-state index contributed by atoms with van der Waals surface area (Å²) in [5.74, 6) is 0.0723. The molecule has 1 aliphatic heterocycles. The van der Waals surface area contributed by atoms with Gasteiger partial charge in [0.2, 0.25) is 0 Å². The maximum atomic E-state index is 10.4. The second kappa shape index (κ2) is 5.06. The van der Waals surface area contributed by atoms with E-state index in [0.29, 0.717) is 19.3 Å². The molecule has 1 rings (SSSR count). The van der Waals surface area contributed by atoms with Gasteiger partial charge in [0.05, 0.1) is 5.54 Å². The maximum absolute atomic E-state index is 10.4. The van der Waals surface area contributed by atoms with Gasteiger partial charge >= 0.3 is 0 Å². The van der Waals surface area contributed by atoms with Crippen LogP contribution >= 0.6 is 0 Å². The first-order valence-corrected chi connectivity index (χ1v) is 6.63. The van der Waals surface area contributed by atoms with Crippen LogP contribution in [0, 0.1) is 5.92 Å². The third-order valence-corrected chi connectivity index (χ3v) is 4.72. The van der Waals surface area contributed by atoms with Gasteiger partial charge in [-0.05, 0) is 52.9 Å². The van der Waals surface area contributed by atoms with Gasteiger partial charge in [0.15, 0.2) is 0 Å². The van der Waals surface area contributed by atoms with E-state index in [-0.39, 0.29) is 24.7 Å². The molecule has 0 aliphatic carbocycles. The number of hydrogen-bond donors (Lipinski definition) is 4. The number of aliphatic hydroxyl groups excluding tert-OH is 2. The van der Waals surface area contributed by atoms with Crippen molar-refractivity contribution in [1.29, 1.82) is 0 Å². The Hall–Kier alpha value is -0.200. The highest BCUT2D eigenvalue weighted by Crippen LogP contribution is 2.47. The van der Waals surface area contributed by atoms with Crippen LogP contribution in [-0.4, -0.2) is 50.3 Å². The summed E-state index contributed by atoms with van der Waals surface area (Å²) >= 11 is 0. The molecular formula is C13H28N2O3. The summed E-state index contributed by atoms with van der Waals surface area (Å²) in [6.45, 7) is 7.79. The number of rotatable bonds is 4. The fourth-order valence-corrected chi connectivity index (χ4v) is 3.54. The lowest BCUT2D eigenvalue weighted by Gasteiger charge is -2.61. The molecule has 5 heteroatoms. The van der Waals surface area contributed by atoms with Crippen molar-refractivity contribution in [3.05, 3.63) is 0 Å². The molecule has 0 aromatic rings. The Balaban J connectivity index is 3.17. The lowest BCUT2D eigenvalue weighted by molar-refractivity contribution is -0.278. The van der Waals surface area contributed by atoms with Gasteiger partial charge in [-0.3, -0.25) is 0 Å². The van der Waals surface area contributed by atoms with Crippen LogP contribution < -0.4 is 5.73 Å². The van der Waals surface area contributed by atoms with E-state index in [1.807, 2.05) is 27.7 Å². The lowest BCUT2D eigenvalue weighted by atomic mass is 9.60. The number of nitrogens with zero attached hydrogens (tertiary/aromatic N) is 1. The van der Waals surface area contributed by atoms with Crippen LogP contribution in [0.2, 0.25) is 0 Å². The molecule has 1 aliphatic rings. The number of hydrogen-bond acceptors (Lipinski definition) is 5. The Labute approximate surface area is 110 Å². The van der Waals surface area contributed by atoms with E-state index in [1.54, 1.807) is 0 Å². The molecule has 108 valence electrons. The summed E-state index contributed by atoms with van der Waals surface area (Å²) in [5, 5.41) is 30.3. The van der Waals surface area contributed by atoms with Gasteiger partial charge in [0, 0.05) is 24.3 Å². The number of hydroxylamine groups is 2. The summed E-state index contributed by atoms with van der Waals surface area (Å²) in [5.41, 5.74) is 4.76. The third-order valence-electron chi connectivity index (χ3n) is 4.72. The monoisotopic (exact) mass is 260 g/mol. The lowest BCUT2D eigenvalue weighted by Crippen LogP contribution is -2.76. The molecule has 2 atom stereocenters. The molecule has 1 fully saturated rings. The maximum Gasteiger partial charge on any atom is 0.0592 e. The zero-order chi connectivity index (χ0) is 14.2. The highest BCUT2D eigenvalue weighted by molar-refractivity contribution is 5.13. The van der Waals surface area contributed by atoms with Gasteiger partial charge < -0.3 is 21.2 Å². The molecule has 2 unspecified atom stereocenters. The summed E-state index contributed by atoms with van der Waals surface area (Å²) in [7, 11) is 0. The second-order valence-corrected chi connectivity index (χ2v) is 6.61. The minimum Gasteiger partial charge on any atom is -0.396 e. The summed E-state index contributed by atoms with van der Waals surface area (Å²) in [4.78, 5) is 0. The van der Waals surface area contributed by atoms with Crippen molar-refractivity contribution in [2.75, 3.05) is 13.2 Å². The fraction of sp³-hybridized carbons (Fsp3) is 1.00. The minimum absolute atomic E-state index is 0.0177. The molecule has 1 saturated heterocycles. The Bertz CT molecular complexity index is 294. The van der Waals surface area contributed by atoms with Crippen molar-refractivity contribution >= 4 is 0 Å². The van der Waals surface area contributed by atoms with Crippen LogP contribution in [0.4, 0.5) is 0 Å². The van der Waals surface area contributed by atoms with Crippen molar-refractivity contribution in [1.82, 2.24) is 5.06 Å². The smallest absolute Gasteiger partial charge is 0.0592 e. The Morgan fingerprint density at radius 3 is 2.17 bits per heavy atom.